The van der Waals surface area contributed by atoms with Crippen molar-refractivity contribution in [3.05, 3.63) is 53.6 Å². The normalized spacial score (nSPS) is 18.3. The van der Waals surface area contributed by atoms with Gasteiger partial charge in [0.15, 0.2) is 0 Å². The Morgan fingerprint density at radius 2 is 1.67 bits per heavy atom. The molecule has 0 aromatic heterocycles. The van der Waals surface area contributed by atoms with Crippen molar-refractivity contribution in [1.82, 2.24) is 4.90 Å². The van der Waals surface area contributed by atoms with Gasteiger partial charge >= 0.3 is 5.97 Å². The zero-order chi connectivity index (χ0) is 23.4. The molecular formula is C25H33N3O4S. The van der Waals surface area contributed by atoms with E-state index in [1.807, 2.05) is 6.92 Å². The number of nitrogens with one attached hydrogen (secondary N) is 1. The molecule has 2 aromatic carbocycles. The number of aryl methyl sites for hydroxylation is 1. The van der Waals surface area contributed by atoms with Crippen LogP contribution in [0.1, 0.15) is 54.9 Å². The SMILES string of the molecule is CCc1ccc(S(=O)(=O)Nc2cc(C(=O)O)ccc2N2CCC(N3CCCCC3)CC2)cc1. The van der Waals surface area contributed by atoms with E-state index < -0.39 is 16.0 Å². The molecule has 33 heavy (non-hydrogen) atoms. The molecule has 0 atom stereocenters. The number of benzene rings is 2. The first-order valence-corrected chi connectivity index (χ1v) is 13.3. The van der Waals surface area contributed by atoms with Crippen LogP contribution in [0.2, 0.25) is 0 Å². The van der Waals surface area contributed by atoms with Gasteiger partial charge in [0.25, 0.3) is 10.0 Å². The average molecular weight is 472 g/mol. The highest BCUT2D eigenvalue weighted by Crippen LogP contribution is 2.33. The second-order valence-corrected chi connectivity index (χ2v) is 10.6. The summed E-state index contributed by atoms with van der Waals surface area (Å²) >= 11 is 0. The van der Waals surface area contributed by atoms with Gasteiger partial charge in [0.2, 0.25) is 0 Å². The van der Waals surface area contributed by atoms with Crippen molar-refractivity contribution in [3.63, 3.8) is 0 Å². The number of rotatable bonds is 7. The molecule has 4 rings (SSSR count). The maximum atomic E-state index is 13.1. The third kappa shape index (κ3) is 5.50. The third-order valence-corrected chi connectivity index (χ3v) is 8.22. The fourth-order valence-electron chi connectivity index (χ4n) is 4.89. The number of carboxylic acids is 1. The Morgan fingerprint density at radius 3 is 2.27 bits per heavy atom. The third-order valence-electron chi connectivity index (χ3n) is 6.84. The summed E-state index contributed by atoms with van der Waals surface area (Å²) in [6.07, 6.45) is 6.71. The van der Waals surface area contributed by atoms with Gasteiger partial charge in [-0.2, -0.15) is 0 Å². The molecule has 0 amide bonds. The van der Waals surface area contributed by atoms with Gasteiger partial charge in [-0.1, -0.05) is 25.5 Å². The number of carbonyl (C=O) groups is 1. The minimum absolute atomic E-state index is 0.0565. The quantitative estimate of drug-likeness (QED) is 0.629. The van der Waals surface area contributed by atoms with Crippen LogP contribution in [0.5, 0.6) is 0 Å². The maximum Gasteiger partial charge on any atom is 0.335 e. The number of sulfonamides is 1. The van der Waals surface area contributed by atoms with Crippen LogP contribution in [0.4, 0.5) is 11.4 Å². The van der Waals surface area contributed by atoms with E-state index in [0.29, 0.717) is 11.7 Å². The average Bonchev–Trinajstić information content (AvgIpc) is 2.84. The summed E-state index contributed by atoms with van der Waals surface area (Å²) in [7, 11) is -3.85. The Bertz CT molecular complexity index is 1070. The molecule has 2 heterocycles. The number of carboxylic acid groups (broad SMARTS) is 1. The molecule has 0 spiro atoms. The number of piperidine rings is 2. The predicted octanol–water partition coefficient (Wildman–Crippen LogP) is 4.20. The zero-order valence-corrected chi connectivity index (χ0v) is 20.0. The molecule has 0 bridgehead atoms. The van der Waals surface area contributed by atoms with Crippen molar-refractivity contribution in [3.8, 4) is 0 Å². The van der Waals surface area contributed by atoms with E-state index in [2.05, 4.69) is 14.5 Å². The molecule has 2 saturated heterocycles. The van der Waals surface area contributed by atoms with Gasteiger partial charge in [-0.05, 0) is 81.1 Å². The Morgan fingerprint density at radius 1 is 1.00 bits per heavy atom. The summed E-state index contributed by atoms with van der Waals surface area (Å²) in [6, 6.07) is 12.0. The minimum atomic E-state index is -3.85. The Labute approximate surface area is 196 Å². The summed E-state index contributed by atoms with van der Waals surface area (Å²) in [6.45, 7) is 5.97. The van der Waals surface area contributed by atoms with E-state index >= 15 is 0 Å². The highest BCUT2D eigenvalue weighted by molar-refractivity contribution is 7.92. The Balaban J connectivity index is 1.55. The van der Waals surface area contributed by atoms with Crippen molar-refractivity contribution in [2.24, 2.45) is 0 Å². The van der Waals surface area contributed by atoms with E-state index in [0.717, 1.165) is 43.6 Å². The van der Waals surface area contributed by atoms with Gasteiger partial charge in [-0.15, -0.1) is 0 Å². The molecule has 178 valence electrons. The first-order valence-electron chi connectivity index (χ1n) is 11.9. The van der Waals surface area contributed by atoms with Crippen LogP contribution in [-0.4, -0.2) is 56.6 Å². The molecule has 0 radical (unpaired) electrons. The van der Waals surface area contributed by atoms with E-state index in [-0.39, 0.29) is 10.5 Å². The smallest absolute Gasteiger partial charge is 0.335 e. The number of nitrogens with zero attached hydrogens (tertiary/aromatic N) is 2. The van der Waals surface area contributed by atoms with E-state index in [9.17, 15) is 18.3 Å². The van der Waals surface area contributed by atoms with Crippen molar-refractivity contribution >= 4 is 27.4 Å². The maximum absolute atomic E-state index is 13.1. The van der Waals surface area contributed by atoms with Crippen molar-refractivity contribution in [2.75, 3.05) is 35.8 Å². The number of hydrogen-bond acceptors (Lipinski definition) is 5. The minimum Gasteiger partial charge on any atom is -0.478 e. The predicted molar refractivity (Wildman–Crippen MR) is 131 cm³/mol. The van der Waals surface area contributed by atoms with E-state index in [1.165, 1.54) is 38.4 Å². The molecule has 0 saturated carbocycles. The topological polar surface area (TPSA) is 89.9 Å². The van der Waals surface area contributed by atoms with Gasteiger partial charge in [0.05, 0.1) is 21.8 Å². The standard InChI is InChI=1S/C25H33N3O4S/c1-2-19-6-9-22(10-7-19)33(31,32)26-23-18-20(25(29)30)8-11-24(23)28-16-12-21(13-17-28)27-14-4-3-5-15-27/h6-11,18,21,26H,2-5,12-17H2,1H3,(H,29,30). The van der Waals surface area contributed by atoms with Crippen LogP contribution in [0, 0.1) is 0 Å². The van der Waals surface area contributed by atoms with Crippen LogP contribution in [0.3, 0.4) is 0 Å². The second-order valence-electron chi connectivity index (χ2n) is 8.95. The molecule has 2 aromatic rings. The Kier molecular flexibility index (Phi) is 7.24. The number of anilines is 2. The molecule has 2 fully saturated rings. The van der Waals surface area contributed by atoms with Crippen LogP contribution >= 0.6 is 0 Å². The molecule has 8 heteroatoms. The van der Waals surface area contributed by atoms with E-state index in [4.69, 9.17) is 0 Å². The van der Waals surface area contributed by atoms with Gasteiger partial charge in [-0.25, -0.2) is 13.2 Å². The van der Waals surface area contributed by atoms with Gasteiger partial charge < -0.3 is 14.9 Å². The lowest BCUT2D eigenvalue weighted by Crippen LogP contribution is -2.46. The summed E-state index contributed by atoms with van der Waals surface area (Å²) in [4.78, 5) is 16.5. The first kappa shape index (κ1) is 23.6. The van der Waals surface area contributed by atoms with Crippen LogP contribution < -0.4 is 9.62 Å². The highest BCUT2D eigenvalue weighted by atomic mass is 32.2. The molecule has 7 nitrogen and oxygen atoms in total. The van der Waals surface area contributed by atoms with Crippen LogP contribution in [0.15, 0.2) is 47.4 Å². The lowest BCUT2D eigenvalue weighted by molar-refractivity contribution is 0.0697. The zero-order valence-electron chi connectivity index (χ0n) is 19.2. The lowest BCUT2D eigenvalue weighted by Gasteiger charge is -2.41. The summed E-state index contributed by atoms with van der Waals surface area (Å²) in [5, 5.41) is 9.47. The summed E-state index contributed by atoms with van der Waals surface area (Å²) < 4.78 is 28.8. The van der Waals surface area contributed by atoms with E-state index in [1.54, 1.807) is 36.4 Å². The fourth-order valence-corrected chi connectivity index (χ4v) is 5.96. The van der Waals surface area contributed by atoms with Crippen molar-refractivity contribution in [2.45, 2.75) is 56.4 Å². The van der Waals surface area contributed by atoms with Crippen molar-refractivity contribution in [1.29, 1.82) is 0 Å². The number of hydrogen-bond donors (Lipinski definition) is 2. The molecule has 2 aliphatic rings. The van der Waals surface area contributed by atoms with Crippen LogP contribution in [0.25, 0.3) is 0 Å². The Hall–Kier alpha value is -2.58. The van der Waals surface area contributed by atoms with Gasteiger partial charge in [0, 0.05) is 19.1 Å². The lowest BCUT2D eigenvalue weighted by atomic mass is 9.99. The molecule has 0 aliphatic carbocycles. The molecular weight excluding hydrogens is 438 g/mol. The number of likely N-dealkylation sites (tertiary alicyclic amines) is 1. The van der Waals surface area contributed by atoms with Gasteiger partial charge in [-0.3, -0.25) is 4.72 Å². The summed E-state index contributed by atoms with van der Waals surface area (Å²) in [5.41, 5.74) is 2.15. The monoisotopic (exact) mass is 471 g/mol. The molecule has 2 aliphatic heterocycles. The van der Waals surface area contributed by atoms with Crippen molar-refractivity contribution < 1.29 is 18.3 Å². The summed E-state index contributed by atoms with van der Waals surface area (Å²) in [5.74, 6) is -1.09. The van der Waals surface area contributed by atoms with Gasteiger partial charge in [0.1, 0.15) is 0 Å². The molecule has 0 unspecified atom stereocenters. The van der Waals surface area contributed by atoms with Crippen LogP contribution in [-0.2, 0) is 16.4 Å². The largest absolute Gasteiger partial charge is 0.478 e. The number of aromatic carboxylic acids is 1. The molecule has 2 N–H and O–H groups in total. The highest BCUT2D eigenvalue weighted by Gasteiger charge is 2.27. The second kappa shape index (κ2) is 10.1. The fraction of sp³-hybridized carbons (Fsp3) is 0.480. The first-order chi connectivity index (χ1) is 15.9.